The van der Waals surface area contributed by atoms with Crippen LogP contribution in [0, 0.1) is 0 Å². The molecule has 0 aromatic carbocycles. The van der Waals surface area contributed by atoms with Gasteiger partial charge in [0.25, 0.3) is 7.82 Å². The summed E-state index contributed by atoms with van der Waals surface area (Å²) in [6, 6.07) is 0. The van der Waals surface area contributed by atoms with Crippen molar-refractivity contribution in [1.82, 2.24) is 0 Å². The van der Waals surface area contributed by atoms with Gasteiger partial charge in [0, 0.05) is 13.0 Å². The van der Waals surface area contributed by atoms with Gasteiger partial charge < -0.3 is 27.9 Å². The first-order valence-corrected chi connectivity index (χ1v) is 26.8. The summed E-state index contributed by atoms with van der Waals surface area (Å²) in [5.41, 5.74) is 0. The molecule has 0 aliphatic heterocycles. The number of unbranched alkanes of at least 4 members (excludes halogenated alkanes) is 25. The molecule has 0 spiro atoms. The maximum absolute atomic E-state index is 12.7. The first-order chi connectivity index (χ1) is 29.6. The van der Waals surface area contributed by atoms with Crippen molar-refractivity contribution < 1.29 is 37.3 Å². The zero-order valence-electron chi connectivity index (χ0n) is 40.6. The minimum Gasteiger partial charge on any atom is -0.756 e. The summed E-state index contributed by atoms with van der Waals surface area (Å²) in [5.74, 6) is -0.339. The Labute approximate surface area is 378 Å². The lowest BCUT2D eigenvalue weighted by atomic mass is 10.1. The standard InChI is InChI=1S/C52H98NO7P/c1-6-8-10-12-14-16-18-20-22-24-26-28-30-32-34-36-38-40-42-44-47-57-49-51(50-59-61(55,56)58-48-46-53(3,4)5)60-52(54)45-43-41-39-37-35-33-31-29-27-25-23-21-19-17-15-13-11-9-7-2/h14-17,20-23,51H,6-13,18-19,24-50H2,1-5H3/b16-14-,17-15-,22-20-,23-21-/t51-/m1/s1. The first kappa shape index (κ1) is 59.5. The molecule has 1 unspecified atom stereocenters. The Bertz CT molecular complexity index is 1120. The van der Waals surface area contributed by atoms with Gasteiger partial charge in [-0.25, -0.2) is 0 Å². The zero-order chi connectivity index (χ0) is 44.8. The van der Waals surface area contributed by atoms with Crippen LogP contribution in [0.3, 0.4) is 0 Å². The van der Waals surface area contributed by atoms with Crippen LogP contribution in [0.25, 0.3) is 0 Å². The van der Waals surface area contributed by atoms with Crippen LogP contribution < -0.4 is 4.89 Å². The van der Waals surface area contributed by atoms with E-state index in [1.807, 2.05) is 21.1 Å². The van der Waals surface area contributed by atoms with Crippen LogP contribution in [0.4, 0.5) is 0 Å². The lowest BCUT2D eigenvalue weighted by Crippen LogP contribution is -2.37. The Morgan fingerprint density at radius 1 is 0.508 bits per heavy atom. The van der Waals surface area contributed by atoms with Gasteiger partial charge in [-0.05, 0) is 77.0 Å². The third-order valence-electron chi connectivity index (χ3n) is 10.9. The van der Waals surface area contributed by atoms with E-state index in [-0.39, 0.29) is 25.8 Å². The molecule has 0 aromatic heterocycles. The fourth-order valence-electron chi connectivity index (χ4n) is 6.90. The zero-order valence-corrected chi connectivity index (χ0v) is 41.5. The number of quaternary nitrogens is 1. The number of carbonyl (C=O) groups excluding carboxylic acids is 1. The Morgan fingerprint density at radius 2 is 0.902 bits per heavy atom. The van der Waals surface area contributed by atoms with Crippen LogP contribution in [0.2, 0.25) is 0 Å². The topological polar surface area (TPSA) is 94.1 Å². The Kier molecular flexibility index (Phi) is 43.9. The number of phosphoric acid groups is 1. The third kappa shape index (κ3) is 49.3. The van der Waals surface area contributed by atoms with Gasteiger partial charge in [-0.3, -0.25) is 9.36 Å². The largest absolute Gasteiger partial charge is 0.756 e. The number of likely N-dealkylation sites (N-methyl/N-ethyl adjacent to an activating group) is 1. The van der Waals surface area contributed by atoms with Crippen LogP contribution in [0.1, 0.15) is 219 Å². The smallest absolute Gasteiger partial charge is 0.306 e. The van der Waals surface area contributed by atoms with Crippen LogP contribution >= 0.6 is 7.82 Å². The van der Waals surface area contributed by atoms with E-state index in [0.29, 0.717) is 24.1 Å². The molecule has 0 amide bonds. The highest BCUT2D eigenvalue weighted by Crippen LogP contribution is 2.38. The van der Waals surface area contributed by atoms with E-state index < -0.39 is 13.9 Å². The number of phosphoric ester groups is 1. The van der Waals surface area contributed by atoms with E-state index in [0.717, 1.165) is 44.9 Å². The lowest BCUT2D eigenvalue weighted by Gasteiger charge is -2.28. The molecule has 0 saturated carbocycles. The van der Waals surface area contributed by atoms with Crippen LogP contribution in [0.15, 0.2) is 48.6 Å². The van der Waals surface area contributed by atoms with Crippen molar-refractivity contribution in [2.24, 2.45) is 0 Å². The Morgan fingerprint density at radius 3 is 1.33 bits per heavy atom. The monoisotopic (exact) mass is 880 g/mol. The van der Waals surface area contributed by atoms with Crippen molar-refractivity contribution in [2.45, 2.75) is 225 Å². The summed E-state index contributed by atoms with van der Waals surface area (Å²) in [6.07, 6.45) is 55.5. The van der Waals surface area contributed by atoms with Gasteiger partial charge in [0.15, 0.2) is 0 Å². The van der Waals surface area contributed by atoms with Gasteiger partial charge in [-0.1, -0.05) is 184 Å². The summed E-state index contributed by atoms with van der Waals surface area (Å²) in [6.45, 7) is 5.37. The van der Waals surface area contributed by atoms with Crippen LogP contribution in [-0.4, -0.2) is 70.7 Å². The molecule has 0 radical (unpaired) electrons. The minimum absolute atomic E-state index is 0.0238. The average molecular weight is 880 g/mol. The van der Waals surface area contributed by atoms with E-state index in [1.165, 1.54) is 154 Å². The molecule has 2 atom stereocenters. The number of allylic oxidation sites excluding steroid dienone is 8. The molecule has 0 fully saturated rings. The molecule has 61 heavy (non-hydrogen) atoms. The lowest BCUT2D eigenvalue weighted by molar-refractivity contribution is -0.870. The number of rotatable bonds is 47. The van der Waals surface area contributed by atoms with E-state index in [4.69, 9.17) is 18.5 Å². The van der Waals surface area contributed by atoms with Crippen molar-refractivity contribution in [3.8, 4) is 0 Å². The molecule has 0 aliphatic carbocycles. The number of hydrogen-bond acceptors (Lipinski definition) is 7. The SMILES string of the molecule is CCCCC/C=C\C/C=C\CCCCCCCCCCCCOC[C@H](COP(=O)([O-])OCC[N+](C)(C)C)OC(=O)CCCCCCCCCCC/C=C\C/C=C\CCCCC. The third-order valence-corrected chi connectivity index (χ3v) is 11.8. The molecule has 0 saturated heterocycles. The highest BCUT2D eigenvalue weighted by atomic mass is 31.2. The van der Waals surface area contributed by atoms with Crippen molar-refractivity contribution in [3.63, 3.8) is 0 Å². The summed E-state index contributed by atoms with van der Waals surface area (Å²) in [5, 5.41) is 0. The second-order valence-electron chi connectivity index (χ2n) is 18.2. The Balaban J connectivity index is 4.16. The van der Waals surface area contributed by atoms with Gasteiger partial charge in [0.1, 0.15) is 19.3 Å². The summed E-state index contributed by atoms with van der Waals surface area (Å²) in [7, 11) is 1.35. The number of carbonyl (C=O) groups is 1. The maximum Gasteiger partial charge on any atom is 0.306 e. The average Bonchev–Trinajstić information content (AvgIpc) is 3.22. The first-order valence-electron chi connectivity index (χ1n) is 25.4. The molecular formula is C52H98NO7P. The normalized spacial score (nSPS) is 14.0. The molecule has 0 heterocycles. The van der Waals surface area contributed by atoms with E-state index in [2.05, 4.69) is 62.5 Å². The van der Waals surface area contributed by atoms with Crippen molar-refractivity contribution in [1.29, 1.82) is 0 Å². The number of nitrogens with zero attached hydrogens (tertiary/aromatic N) is 1. The molecule has 0 aliphatic rings. The summed E-state index contributed by atoms with van der Waals surface area (Å²) < 4.78 is 34.7. The number of ether oxygens (including phenoxy) is 2. The Hall–Kier alpha value is -1.54. The fraction of sp³-hybridized carbons (Fsp3) is 0.827. The van der Waals surface area contributed by atoms with E-state index >= 15 is 0 Å². The van der Waals surface area contributed by atoms with Crippen molar-refractivity contribution in [2.75, 3.05) is 54.1 Å². The minimum atomic E-state index is -4.53. The molecule has 0 N–H and O–H groups in total. The summed E-state index contributed by atoms with van der Waals surface area (Å²) in [4.78, 5) is 25.2. The molecule has 9 heteroatoms. The molecular weight excluding hydrogens is 782 g/mol. The highest BCUT2D eigenvalue weighted by molar-refractivity contribution is 7.45. The maximum atomic E-state index is 12.7. The second-order valence-corrected chi connectivity index (χ2v) is 19.6. The summed E-state index contributed by atoms with van der Waals surface area (Å²) >= 11 is 0. The molecule has 0 bridgehead atoms. The highest BCUT2D eigenvalue weighted by Gasteiger charge is 2.20. The second kappa shape index (κ2) is 45.0. The van der Waals surface area contributed by atoms with Crippen LogP contribution in [0.5, 0.6) is 0 Å². The molecule has 8 nitrogen and oxygen atoms in total. The number of esters is 1. The van der Waals surface area contributed by atoms with E-state index in [9.17, 15) is 14.3 Å². The molecule has 358 valence electrons. The van der Waals surface area contributed by atoms with Crippen LogP contribution in [-0.2, 0) is 27.9 Å². The van der Waals surface area contributed by atoms with Gasteiger partial charge >= 0.3 is 5.97 Å². The molecule has 0 aromatic rings. The van der Waals surface area contributed by atoms with Gasteiger partial charge in [0.2, 0.25) is 0 Å². The number of hydrogen-bond donors (Lipinski definition) is 0. The predicted octanol–water partition coefficient (Wildman–Crippen LogP) is 14.9. The van der Waals surface area contributed by atoms with Crippen molar-refractivity contribution >= 4 is 13.8 Å². The van der Waals surface area contributed by atoms with Crippen molar-refractivity contribution in [3.05, 3.63) is 48.6 Å². The predicted molar refractivity (Wildman–Crippen MR) is 259 cm³/mol. The van der Waals surface area contributed by atoms with Gasteiger partial charge in [0.05, 0.1) is 34.4 Å². The quantitative estimate of drug-likeness (QED) is 0.0198. The van der Waals surface area contributed by atoms with E-state index in [1.54, 1.807) is 0 Å². The fourth-order valence-corrected chi connectivity index (χ4v) is 7.63. The molecule has 0 rings (SSSR count). The van der Waals surface area contributed by atoms with Gasteiger partial charge in [-0.2, -0.15) is 0 Å². The van der Waals surface area contributed by atoms with Gasteiger partial charge in [-0.15, -0.1) is 0 Å².